The second-order valence-corrected chi connectivity index (χ2v) is 5.76. The third-order valence-corrected chi connectivity index (χ3v) is 3.76. The highest BCUT2D eigenvalue weighted by molar-refractivity contribution is 9.11. The number of unbranched alkanes of at least 4 members (excludes halogenated alkanes) is 2. The van der Waals surface area contributed by atoms with E-state index >= 15 is 0 Å². The lowest BCUT2D eigenvalue weighted by Gasteiger charge is -2.16. The molecule has 0 amide bonds. The molecule has 0 saturated heterocycles. The summed E-state index contributed by atoms with van der Waals surface area (Å²) in [5.41, 5.74) is 13.9. The molecule has 0 unspecified atom stereocenters. The van der Waals surface area contributed by atoms with E-state index in [4.69, 9.17) is 11.5 Å². The Labute approximate surface area is 114 Å². The van der Waals surface area contributed by atoms with Gasteiger partial charge in [0.1, 0.15) is 0 Å². The van der Waals surface area contributed by atoms with E-state index in [1.54, 1.807) is 0 Å². The molecular formula is C12H18Br2N2. The zero-order valence-corrected chi connectivity index (χ0v) is 12.6. The van der Waals surface area contributed by atoms with Crippen LogP contribution in [-0.2, 0) is 0 Å². The Morgan fingerprint density at radius 1 is 1.25 bits per heavy atom. The molecule has 0 spiro atoms. The fourth-order valence-corrected chi connectivity index (χ4v) is 2.94. The topological polar surface area (TPSA) is 52.0 Å². The Morgan fingerprint density at radius 3 is 2.56 bits per heavy atom. The van der Waals surface area contributed by atoms with Crippen molar-refractivity contribution in [3.8, 4) is 0 Å². The van der Waals surface area contributed by atoms with Gasteiger partial charge in [-0.1, -0.05) is 42.1 Å². The molecule has 1 atom stereocenters. The summed E-state index contributed by atoms with van der Waals surface area (Å²) in [5, 5.41) is 0. The molecule has 0 radical (unpaired) electrons. The second kappa shape index (κ2) is 6.62. The molecule has 0 aliphatic rings. The highest BCUT2D eigenvalue weighted by atomic mass is 79.9. The van der Waals surface area contributed by atoms with Crippen molar-refractivity contribution in [2.45, 2.75) is 38.6 Å². The van der Waals surface area contributed by atoms with E-state index in [1.807, 2.05) is 12.1 Å². The third kappa shape index (κ3) is 3.75. The summed E-state index contributed by atoms with van der Waals surface area (Å²) in [5.74, 6) is 0. The predicted molar refractivity (Wildman–Crippen MR) is 77.3 cm³/mol. The van der Waals surface area contributed by atoms with E-state index in [2.05, 4.69) is 38.8 Å². The van der Waals surface area contributed by atoms with Gasteiger partial charge >= 0.3 is 0 Å². The van der Waals surface area contributed by atoms with Gasteiger partial charge in [-0.3, -0.25) is 0 Å². The highest BCUT2D eigenvalue weighted by Crippen LogP contribution is 2.32. The van der Waals surface area contributed by atoms with Crippen molar-refractivity contribution in [2.75, 3.05) is 5.73 Å². The van der Waals surface area contributed by atoms with Crippen LogP contribution in [-0.4, -0.2) is 0 Å². The van der Waals surface area contributed by atoms with Gasteiger partial charge in [0.05, 0.1) is 5.69 Å². The number of nitrogens with two attached hydrogens (primary N) is 2. The van der Waals surface area contributed by atoms with Crippen LogP contribution in [0.25, 0.3) is 0 Å². The molecule has 1 rings (SSSR count). The molecule has 4 N–H and O–H groups in total. The first kappa shape index (κ1) is 14.0. The van der Waals surface area contributed by atoms with Gasteiger partial charge in [-0.25, -0.2) is 0 Å². The van der Waals surface area contributed by atoms with Gasteiger partial charge in [0.2, 0.25) is 0 Å². The lowest BCUT2D eigenvalue weighted by Crippen LogP contribution is -2.12. The monoisotopic (exact) mass is 348 g/mol. The van der Waals surface area contributed by atoms with Crippen molar-refractivity contribution in [3.05, 3.63) is 26.6 Å². The number of anilines is 1. The first-order valence-corrected chi connectivity index (χ1v) is 7.14. The van der Waals surface area contributed by atoms with Crippen molar-refractivity contribution in [3.63, 3.8) is 0 Å². The fraction of sp³-hybridized carbons (Fsp3) is 0.500. The SMILES string of the molecule is CCCCC[C@H](N)c1cc(Br)cc(Br)c1N. The molecule has 0 aromatic heterocycles. The second-order valence-electron chi connectivity index (χ2n) is 3.99. The summed E-state index contributed by atoms with van der Waals surface area (Å²) in [6, 6.07) is 3.98. The zero-order chi connectivity index (χ0) is 12.1. The average Bonchev–Trinajstić information content (AvgIpc) is 2.23. The van der Waals surface area contributed by atoms with E-state index in [1.165, 1.54) is 12.8 Å². The van der Waals surface area contributed by atoms with Crippen LogP contribution < -0.4 is 11.5 Å². The predicted octanol–water partition coefficient (Wildman–Crippen LogP) is 4.37. The number of nitrogen functional groups attached to an aromatic ring is 1. The van der Waals surface area contributed by atoms with E-state index in [0.29, 0.717) is 0 Å². The minimum atomic E-state index is 0.0281. The molecule has 0 aliphatic carbocycles. The van der Waals surface area contributed by atoms with Gasteiger partial charge in [0, 0.05) is 15.0 Å². The van der Waals surface area contributed by atoms with Crippen LogP contribution in [0.15, 0.2) is 21.1 Å². The molecule has 0 aliphatic heterocycles. The smallest absolute Gasteiger partial charge is 0.0507 e. The summed E-state index contributed by atoms with van der Waals surface area (Å²) in [6.07, 6.45) is 4.58. The molecule has 0 saturated carbocycles. The quantitative estimate of drug-likeness (QED) is 0.612. The number of rotatable bonds is 5. The molecule has 4 heteroatoms. The van der Waals surface area contributed by atoms with Crippen molar-refractivity contribution in [2.24, 2.45) is 5.73 Å². The van der Waals surface area contributed by atoms with Gasteiger partial charge in [0.25, 0.3) is 0 Å². The average molecular weight is 350 g/mol. The van der Waals surface area contributed by atoms with Crippen LogP contribution in [0.2, 0.25) is 0 Å². The summed E-state index contributed by atoms with van der Waals surface area (Å²) < 4.78 is 1.91. The fourth-order valence-electron chi connectivity index (χ4n) is 1.68. The van der Waals surface area contributed by atoms with Crippen LogP contribution >= 0.6 is 31.9 Å². The lowest BCUT2D eigenvalue weighted by molar-refractivity contribution is 0.582. The largest absolute Gasteiger partial charge is 0.398 e. The van der Waals surface area contributed by atoms with Gasteiger partial charge in [-0.15, -0.1) is 0 Å². The molecule has 90 valence electrons. The minimum absolute atomic E-state index is 0.0281. The molecule has 0 bridgehead atoms. The first-order chi connectivity index (χ1) is 7.56. The van der Waals surface area contributed by atoms with Crippen molar-refractivity contribution < 1.29 is 0 Å². The highest BCUT2D eigenvalue weighted by Gasteiger charge is 2.12. The zero-order valence-electron chi connectivity index (χ0n) is 9.47. The number of hydrogen-bond acceptors (Lipinski definition) is 2. The summed E-state index contributed by atoms with van der Waals surface area (Å²) >= 11 is 6.89. The van der Waals surface area contributed by atoms with Gasteiger partial charge in [-0.2, -0.15) is 0 Å². The van der Waals surface area contributed by atoms with Gasteiger partial charge < -0.3 is 11.5 Å². The van der Waals surface area contributed by atoms with Crippen molar-refractivity contribution >= 4 is 37.5 Å². The van der Waals surface area contributed by atoms with E-state index in [0.717, 1.165) is 33.0 Å². The first-order valence-electron chi connectivity index (χ1n) is 5.56. The van der Waals surface area contributed by atoms with E-state index in [-0.39, 0.29) is 6.04 Å². The van der Waals surface area contributed by atoms with Gasteiger partial charge in [0.15, 0.2) is 0 Å². The molecule has 1 aromatic carbocycles. The Morgan fingerprint density at radius 2 is 1.94 bits per heavy atom. The van der Waals surface area contributed by atoms with Crippen LogP contribution in [0.5, 0.6) is 0 Å². The maximum Gasteiger partial charge on any atom is 0.0507 e. The van der Waals surface area contributed by atoms with Crippen LogP contribution in [0.1, 0.15) is 44.2 Å². The summed E-state index contributed by atoms with van der Waals surface area (Å²) in [6.45, 7) is 2.19. The van der Waals surface area contributed by atoms with Crippen molar-refractivity contribution in [1.82, 2.24) is 0 Å². The normalized spacial score (nSPS) is 12.8. The Balaban J connectivity index is 2.78. The molecular weight excluding hydrogens is 332 g/mol. The Hall–Kier alpha value is -0.0600. The number of hydrogen-bond donors (Lipinski definition) is 2. The lowest BCUT2D eigenvalue weighted by atomic mass is 10.00. The molecule has 0 heterocycles. The maximum atomic E-state index is 6.15. The number of halogens is 2. The number of benzene rings is 1. The molecule has 1 aromatic rings. The van der Waals surface area contributed by atoms with Gasteiger partial charge in [-0.05, 0) is 40.0 Å². The minimum Gasteiger partial charge on any atom is -0.398 e. The standard InChI is InChI=1S/C12H18Br2N2/c1-2-3-4-5-11(15)9-6-8(13)7-10(14)12(9)16/h6-7,11H,2-5,15-16H2,1H3/t11-/m0/s1. The maximum absolute atomic E-state index is 6.15. The Kier molecular flexibility index (Phi) is 5.79. The third-order valence-electron chi connectivity index (χ3n) is 2.64. The van der Waals surface area contributed by atoms with Crippen LogP contribution in [0, 0.1) is 0 Å². The molecule has 16 heavy (non-hydrogen) atoms. The van der Waals surface area contributed by atoms with E-state index < -0.39 is 0 Å². The van der Waals surface area contributed by atoms with E-state index in [9.17, 15) is 0 Å². The Bertz CT molecular complexity index is 353. The van der Waals surface area contributed by atoms with Crippen LogP contribution in [0.4, 0.5) is 5.69 Å². The summed E-state index contributed by atoms with van der Waals surface area (Å²) in [7, 11) is 0. The summed E-state index contributed by atoms with van der Waals surface area (Å²) in [4.78, 5) is 0. The van der Waals surface area contributed by atoms with Crippen LogP contribution in [0.3, 0.4) is 0 Å². The van der Waals surface area contributed by atoms with Crippen molar-refractivity contribution in [1.29, 1.82) is 0 Å². The molecule has 0 fully saturated rings. The molecule has 2 nitrogen and oxygen atoms in total.